The molecule has 11 heteroatoms. The van der Waals surface area contributed by atoms with Crippen LogP contribution in [-0.4, -0.2) is 80.8 Å². The van der Waals surface area contributed by atoms with E-state index in [4.69, 9.17) is 10.5 Å². The summed E-state index contributed by atoms with van der Waals surface area (Å²) in [5.74, 6) is 0.414. The Morgan fingerprint density at radius 2 is 1.88 bits per heavy atom. The van der Waals surface area contributed by atoms with Crippen LogP contribution in [0.25, 0.3) is 11.0 Å². The molecule has 0 saturated carbocycles. The van der Waals surface area contributed by atoms with E-state index in [9.17, 15) is 14.4 Å². The number of nitrogens with two attached hydrogens (primary N) is 1. The second-order valence-electron chi connectivity index (χ2n) is 11.6. The second kappa shape index (κ2) is 12.9. The van der Waals surface area contributed by atoms with Gasteiger partial charge >= 0.3 is 0 Å². The first-order valence-corrected chi connectivity index (χ1v) is 14.8. The number of methoxy groups -OCH3 is 1. The maximum absolute atomic E-state index is 13.6. The zero-order valence-electron chi connectivity index (χ0n) is 24.7. The largest absolute Gasteiger partial charge is 0.497 e. The molecule has 0 radical (unpaired) electrons. The smallest absolute Gasteiger partial charge is 0.243 e. The maximum atomic E-state index is 13.6. The number of fused-ring (bicyclic) bond motifs is 1. The zero-order valence-corrected chi connectivity index (χ0v) is 24.7. The lowest BCUT2D eigenvalue weighted by molar-refractivity contribution is -0.140. The molecule has 2 aliphatic rings. The third-order valence-electron chi connectivity index (χ3n) is 8.66. The van der Waals surface area contributed by atoms with Crippen LogP contribution in [-0.2, 0) is 34.4 Å². The van der Waals surface area contributed by atoms with Gasteiger partial charge < -0.3 is 25.6 Å². The summed E-state index contributed by atoms with van der Waals surface area (Å²) < 4.78 is 6.97. The first-order valence-electron chi connectivity index (χ1n) is 14.8. The normalized spacial score (nSPS) is 21.1. The summed E-state index contributed by atoms with van der Waals surface area (Å²) in [7, 11) is 3.46. The minimum Gasteiger partial charge on any atom is -0.497 e. The highest BCUT2D eigenvalue weighted by atomic mass is 16.5. The van der Waals surface area contributed by atoms with Crippen LogP contribution in [0.5, 0.6) is 5.75 Å². The molecule has 0 aliphatic carbocycles. The third kappa shape index (κ3) is 6.56. The molecule has 1 unspecified atom stereocenters. The van der Waals surface area contributed by atoms with Crippen LogP contribution in [0.4, 0.5) is 0 Å². The molecule has 11 nitrogen and oxygen atoms in total. The predicted octanol–water partition coefficient (Wildman–Crippen LogP) is 2.17. The molecule has 2 aromatic carbocycles. The van der Waals surface area contributed by atoms with Gasteiger partial charge in [0.15, 0.2) is 0 Å². The first kappa shape index (κ1) is 29.5. The molecule has 5 rings (SSSR count). The quantitative estimate of drug-likeness (QED) is 0.378. The van der Waals surface area contributed by atoms with E-state index in [0.29, 0.717) is 19.5 Å². The second-order valence-corrected chi connectivity index (χ2v) is 11.6. The molecule has 3 N–H and O–H groups in total. The highest BCUT2D eigenvalue weighted by Gasteiger charge is 2.41. The summed E-state index contributed by atoms with van der Waals surface area (Å²) in [6, 6.07) is 12.4. The van der Waals surface area contributed by atoms with Gasteiger partial charge in [0.2, 0.25) is 17.7 Å². The van der Waals surface area contributed by atoms with Gasteiger partial charge in [-0.05, 0) is 80.3 Å². The minimum absolute atomic E-state index is 0.0384. The Balaban J connectivity index is 1.25. The molecule has 42 heavy (non-hydrogen) atoms. The molecule has 3 heterocycles. The van der Waals surface area contributed by atoms with Gasteiger partial charge in [-0.25, -0.2) is 4.68 Å². The Labute approximate surface area is 246 Å². The minimum atomic E-state index is -0.846. The monoisotopic (exact) mass is 575 g/mol. The Hall–Kier alpha value is -3.99. The van der Waals surface area contributed by atoms with E-state index in [1.807, 2.05) is 54.4 Å². The molecular weight excluding hydrogens is 534 g/mol. The maximum Gasteiger partial charge on any atom is 0.243 e. The molecule has 2 aliphatic heterocycles. The number of benzene rings is 2. The molecule has 4 atom stereocenters. The van der Waals surface area contributed by atoms with Gasteiger partial charge in [0.05, 0.1) is 18.7 Å². The highest BCUT2D eigenvalue weighted by Crippen LogP contribution is 2.29. The molecule has 3 aromatic rings. The predicted molar refractivity (Wildman–Crippen MR) is 158 cm³/mol. The van der Waals surface area contributed by atoms with Crippen molar-refractivity contribution in [3.8, 4) is 5.75 Å². The Kier molecular flexibility index (Phi) is 9.06. The lowest BCUT2D eigenvalue weighted by Gasteiger charge is -2.27. The molecule has 3 amide bonds. The van der Waals surface area contributed by atoms with Gasteiger partial charge in [-0.3, -0.25) is 14.4 Å². The first-order chi connectivity index (χ1) is 20.2. The Morgan fingerprint density at radius 3 is 2.60 bits per heavy atom. The molecule has 0 bridgehead atoms. The van der Waals surface area contributed by atoms with E-state index in [-0.39, 0.29) is 42.5 Å². The number of rotatable bonds is 10. The lowest BCUT2D eigenvalue weighted by atomic mass is 9.96. The number of nitrogens with one attached hydrogen (secondary N) is 1. The van der Waals surface area contributed by atoms with Crippen LogP contribution >= 0.6 is 0 Å². The van der Waals surface area contributed by atoms with Gasteiger partial charge in [-0.15, -0.1) is 5.10 Å². The number of likely N-dealkylation sites (tertiary alicyclic amines) is 2. The number of ether oxygens (including phenoxy) is 1. The van der Waals surface area contributed by atoms with Crippen LogP contribution < -0.4 is 15.8 Å². The number of hydrogen-bond donors (Lipinski definition) is 2. The molecule has 0 spiro atoms. The van der Waals surface area contributed by atoms with Crippen molar-refractivity contribution < 1.29 is 19.1 Å². The summed E-state index contributed by atoms with van der Waals surface area (Å²) >= 11 is 0. The third-order valence-corrected chi connectivity index (χ3v) is 8.66. The van der Waals surface area contributed by atoms with Crippen LogP contribution in [0.15, 0.2) is 42.5 Å². The van der Waals surface area contributed by atoms with Crippen LogP contribution in [0.1, 0.15) is 50.2 Å². The van der Waals surface area contributed by atoms with Crippen LogP contribution in [0, 0.1) is 5.92 Å². The number of nitrogens with zero attached hydrogens (tertiary/aromatic N) is 5. The molecule has 1 aromatic heterocycles. The van der Waals surface area contributed by atoms with Crippen molar-refractivity contribution >= 4 is 28.8 Å². The fourth-order valence-corrected chi connectivity index (χ4v) is 6.22. The Morgan fingerprint density at radius 1 is 1.12 bits per heavy atom. The molecule has 2 saturated heterocycles. The fraction of sp³-hybridized carbons (Fsp3) is 0.516. The van der Waals surface area contributed by atoms with E-state index in [2.05, 4.69) is 22.6 Å². The molecular formula is C31H41N7O4. The van der Waals surface area contributed by atoms with E-state index >= 15 is 0 Å². The fourth-order valence-electron chi connectivity index (χ4n) is 6.22. The van der Waals surface area contributed by atoms with Gasteiger partial charge in [0, 0.05) is 39.1 Å². The van der Waals surface area contributed by atoms with E-state index in [0.717, 1.165) is 53.7 Å². The van der Waals surface area contributed by atoms with Gasteiger partial charge in [-0.1, -0.05) is 23.4 Å². The van der Waals surface area contributed by atoms with Crippen molar-refractivity contribution in [3.63, 3.8) is 0 Å². The molecule has 224 valence electrons. The topological polar surface area (TPSA) is 136 Å². The summed E-state index contributed by atoms with van der Waals surface area (Å²) in [6.07, 6.45) is 3.74. The number of amides is 3. The molecule has 2 fully saturated rings. The summed E-state index contributed by atoms with van der Waals surface area (Å²) in [6.45, 7) is 3.55. The summed E-state index contributed by atoms with van der Waals surface area (Å²) in [5, 5.41) is 11.2. The van der Waals surface area contributed by atoms with Gasteiger partial charge in [0.1, 0.15) is 17.3 Å². The van der Waals surface area contributed by atoms with Crippen LogP contribution in [0.2, 0.25) is 0 Å². The highest BCUT2D eigenvalue weighted by molar-refractivity contribution is 5.91. The van der Waals surface area contributed by atoms with Crippen molar-refractivity contribution in [1.82, 2.24) is 30.1 Å². The van der Waals surface area contributed by atoms with E-state index < -0.39 is 12.1 Å². The van der Waals surface area contributed by atoms with E-state index in [1.165, 1.54) is 0 Å². The lowest BCUT2D eigenvalue weighted by Crippen LogP contribution is -2.51. The number of hydrogen-bond acceptors (Lipinski definition) is 7. The Bertz CT molecular complexity index is 1420. The number of aromatic nitrogens is 3. The van der Waals surface area contributed by atoms with Crippen molar-refractivity contribution in [1.29, 1.82) is 0 Å². The van der Waals surface area contributed by atoms with Crippen molar-refractivity contribution in [2.75, 3.05) is 20.2 Å². The van der Waals surface area contributed by atoms with Gasteiger partial charge in [-0.2, -0.15) is 0 Å². The summed E-state index contributed by atoms with van der Waals surface area (Å²) in [4.78, 5) is 43.4. The number of carbonyl (C=O) groups excluding carboxylic acids is 3. The average Bonchev–Trinajstić information content (AvgIpc) is 3.72. The SMILES string of the molecule is COc1ccc(C[C@@H]2C[C@@H](C(=O)NCc3ccc4c(c3)nnn4C)N(C(=O)[C@H](N)CCC(=O)N3CCCC3C)C2)cc1. The van der Waals surface area contributed by atoms with Crippen LogP contribution in [0.3, 0.4) is 0 Å². The number of carbonyl (C=O) groups is 3. The van der Waals surface area contributed by atoms with E-state index in [1.54, 1.807) is 16.7 Å². The zero-order chi connectivity index (χ0) is 29.8. The average molecular weight is 576 g/mol. The number of aryl methyl sites for hydroxylation is 1. The van der Waals surface area contributed by atoms with Gasteiger partial charge in [0.25, 0.3) is 0 Å². The van der Waals surface area contributed by atoms with Crippen molar-refractivity contribution in [3.05, 3.63) is 53.6 Å². The van der Waals surface area contributed by atoms with Crippen molar-refractivity contribution in [2.24, 2.45) is 18.7 Å². The standard InChI is InChI=1S/C31H41N7O4/c1-20-5-4-14-37(20)29(39)13-11-25(32)31(41)38-19-23(15-21-6-9-24(42-3)10-7-21)17-28(38)30(40)33-18-22-8-12-27-26(16-22)34-35-36(27)2/h6-10,12,16,20,23,25,28H,4-5,11,13-15,17-19,32H2,1-3H3,(H,33,40)/t20?,23-,25-,28+/m1/s1. The summed E-state index contributed by atoms with van der Waals surface area (Å²) in [5.41, 5.74) is 10.0. The van der Waals surface area contributed by atoms with Crippen molar-refractivity contribution in [2.45, 2.75) is 70.1 Å².